The maximum absolute atomic E-state index is 12.2. The maximum atomic E-state index is 12.2. The Morgan fingerprint density at radius 3 is 2.41 bits per heavy atom. The normalized spacial score (nSPS) is 11.1. The molecule has 1 amide bonds. The van der Waals surface area contributed by atoms with E-state index in [1.54, 1.807) is 6.07 Å². The van der Waals surface area contributed by atoms with Crippen molar-refractivity contribution in [2.24, 2.45) is 0 Å². The lowest BCUT2D eigenvalue weighted by atomic mass is 10.0. The third-order valence-corrected chi connectivity index (χ3v) is 4.77. The summed E-state index contributed by atoms with van der Waals surface area (Å²) >= 11 is 0. The molecule has 3 aromatic rings. The van der Waals surface area contributed by atoms with Crippen molar-refractivity contribution in [3.8, 4) is 11.5 Å². The largest absolute Gasteiger partial charge is 0.495 e. The Morgan fingerprint density at radius 2 is 1.72 bits per heavy atom. The number of carboxylic acid groups (broad SMARTS) is 1. The highest BCUT2D eigenvalue weighted by molar-refractivity contribution is 5.90. The van der Waals surface area contributed by atoms with E-state index in [9.17, 15) is 14.7 Å². The average Bonchev–Trinajstić information content (AvgIpc) is 2.74. The SMILES string of the molecule is COc1ccc(C(=O)O)cc1NCc1c(OCC(=O)NC(C)(C)C)ccc2ccccc12. The Kier molecular flexibility index (Phi) is 6.88. The molecule has 0 aliphatic rings. The third-order valence-electron chi connectivity index (χ3n) is 4.77. The second kappa shape index (κ2) is 9.60. The Bertz CT molecular complexity index is 1130. The highest BCUT2D eigenvalue weighted by atomic mass is 16.5. The number of hydrogen-bond donors (Lipinski definition) is 3. The first-order valence-electron chi connectivity index (χ1n) is 10.3. The summed E-state index contributed by atoms with van der Waals surface area (Å²) in [5.74, 6) is -0.119. The van der Waals surface area contributed by atoms with E-state index in [-0.39, 0.29) is 23.6 Å². The topological polar surface area (TPSA) is 96.9 Å². The molecule has 0 aliphatic carbocycles. The molecule has 0 fully saturated rings. The van der Waals surface area contributed by atoms with Crippen molar-refractivity contribution in [1.82, 2.24) is 5.32 Å². The Balaban J connectivity index is 1.89. The molecule has 0 heterocycles. The van der Waals surface area contributed by atoms with Crippen LogP contribution in [0.5, 0.6) is 11.5 Å². The van der Waals surface area contributed by atoms with E-state index in [2.05, 4.69) is 10.6 Å². The monoisotopic (exact) mass is 436 g/mol. The van der Waals surface area contributed by atoms with E-state index in [4.69, 9.17) is 9.47 Å². The molecule has 7 heteroatoms. The number of carbonyl (C=O) groups excluding carboxylic acids is 1. The predicted octanol–water partition coefficient (Wildman–Crippen LogP) is 4.45. The zero-order chi connectivity index (χ0) is 23.3. The Labute approximate surface area is 187 Å². The van der Waals surface area contributed by atoms with Crippen LogP contribution in [-0.2, 0) is 11.3 Å². The van der Waals surface area contributed by atoms with Gasteiger partial charge in [-0.2, -0.15) is 0 Å². The van der Waals surface area contributed by atoms with Gasteiger partial charge >= 0.3 is 5.97 Å². The Morgan fingerprint density at radius 1 is 1.00 bits per heavy atom. The summed E-state index contributed by atoms with van der Waals surface area (Å²) in [4.78, 5) is 23.6. The van der Waals surface area contributed by atoms with Gasteiger partial charge in [0.25, 0.3) is 5.91 Å². The second-order valence-electron chi connectivity index (χ2n) is 8.42. The van der Waals surface area contributed by atoms with E-state index in [0.717, 1.165) is 16.3 Å². The fourth-order valence-corrected chi connectivity index (χ4v) is 3.39. The molecule has 0 radical (unpaired) electrons. The van der Waals surface area contributed by atoms with Gasteiger partial charge in [-0.15, -0.1) is 0 Å². The average molecular weight is 437 g/mol. The van der Waals surface area contributed by atoms with Gasteiger partial charge in [-0.05, 0) is 55.8 Å². The van der Waals surface area contributed by atoms with Crippen LogP contribution in [0.2, 0.25) is 0 Å². The molecule has 168 valence electrons. The molecule has 0 bridgehead atoms. The van der Waals surface area contributed by atoms with Gasteiger partial charge in [0.2, 0.25) is 0 Å². The molecule has 7 nitrogen and oxygen atoms in total. The molecule has 0 saturated heterocycles. The number of methoxy groups -OCH3 is 1. The van der Waals surface area contributed by atoms with Crippen LogP contribution in [0.4, 0.5) is 5.69 Å². The first kappa shape index (κ1) is 22.9. The summed E-state index contributed by atoms with van der Waals surface area (Å²) in [5.41, 5.74) is 1.22. The molecule has 3 aromatic carbocycles. The van der Waals surface area contributed by atoms with Gasteiger partial charge in [0.1, 0.15) is 11.5 Å². The van der Waals surface area contributed by atoms with Gasteiger partial charge in [-0.25, -0.2) is 4.79 Å². The van der Waals surface area contributed by atoms with Crippen molar-refractivity contribution in [1.29, 1.82) is 0 Å². The summed E-state index contributed by atoms with van der Waals surface area (Å²) in [6.45, 7) is 5.97. The number of carbonyl (C=O) groups is 2. The fourth-order valence-electron chi connectivity index (χ4n) is 3.39. The predicted molar refractivity (Wildman–Crippen MR) is 125 cm³/mol. The van der Waals surface area contributed by atoms with E-state index >= 15 is 0 Å². The smallest absolute Gasteiger partial charge is 0.335 e. The standard InChI is InChI=1S/C25H28N2O5/c1-25(2,3)27-23(28)15-32-21-11-9-16-7-5-6-8-18(16)19(21)14-26-20-13-17(24(29)30)10-12-22(20)31-4/h5-13,26H,14-15H2,1-4H3,(H,27,28)(H,29,30). The zero-order valence-electron chi connectivity index (χ0n) is 18.7. The number of aromatic carboxylic acids is 1. The van der Waals surface area contributed by atoms with Crippen LogP contribution in [0.1, 0.15) is 36.7 Å². The molecule has 0 spiro atoms. The van der Waals surface area contributed by atoms with Gasteiger partial charge < -0.3 is 25.2 Å². The lowest BCUT2D eigenvalue weighted by Crippen LogP contribution is -2.43. The fraction of sp³-hybridized carbons (Fsp3) is 0.280. The molecular formula is C25H28N2O5. The number of nitrogens with one attached hydrogen (secondary N) is 2. The zero-order valence-corrected chi connectivity index (χ0v) is 18.7. The molecule has 0 aromatic heterocycles. The van der Waals surface area contributed by atoms with Gasteiger partial charge in [0.05, 0.1) is 18.4 Å². The summed E-state index contributed by atoms with van der Waals surface area (Å²) in [7, 11) is 1.53. The van der Waals surface area contributed by atoms with Crippen LogP contribution >= 0.6 is 0 Å². The van der Waals surface area contributed by atoms with E-state index in [1.807, 2.05) is 57.2 Å². The molecule has 32 heavy (non-hydrogen) atoms. The number of fused-ring (bicyclic) bond motifs is 1. The molecule has 0 atom stereocenters. The van der Waals surface area contributed by atoms with Crippen LogP contribution in [0.15, 0.2) is 54.6 Å². The van der Waals surface area contributed by atoms with Gasteiger partial charge in [-0.1, -0.05) is 30.3 Å². The van der Waals surface area contributed by atoms with Crippen LogP contribution in [0.3, 0.4) is 0 Å². The number of carboxylic acids is 1. The highest BCUT2D eigenvalue weighted by Gasteiger charge is 2.16. The first-order valence-corrected chi connectivity index (χ1v) is 10.3. The molecule has 0 aliphatic heterocycles. The molecular weight excluding hydrogens is 408 g/mol. The van der Waals surface area contributed by atoms with Crippen LogP contribution < -0.4 is 20.1 Å². The minimum atomic E-state index is -1.02. The maximum Gasteiger partial charge on any atom is 0.335 e. The van der Waals surface area contributed by atoms with Crippen molar-refractivity contribution in [3.63, 3.8) is 0 Å². The lowest BCUT2D eigenvalue weighted by Gasteiger charge is -2.21. The number of hydrogen-bond acceptors (Lipinski definition) is 5. The third kappa shape index (κ3) is 5.69. The number of rotatable bonds is 8. The number of anilines is 1. The van der Waals surface area contributed by atoms with E-state index in [1.165, 1.54) is 19.2 Å². The summed E-state index contributed by atoms with van der Waals surface area (Å²) in [5, 5.41) is 17.5. The lowest BCUT2D eigenvalue weighted by molar-refractivity contribution is -0.124. The number of ether oxygens (including phenoxy) is 2. The molecule has 0 saturated carbocycles. The van der Waals surface area contributed by atoms with E-state index < -0.39 is 5.97 Å². The minimum absolute atomic E-state index is 0.111. The first-order chi connectivity index (χ1) is 15.2. The summed E-state index contributed by atoms with van der Waals surface area (Å²) < 4.78 is 11.3. The molecule has 0 unspecified atom stereocenters. The van der Waals surface area contributed by atoms with Crippen molar-refractivity contribution in [2.45, 2.75) is 32.9 Å². The van der Waals surface area contributed by atoms with Gasteiger partial charge in [0.15, 0.2) is 6.61 Å². The highest BCUT2D eigenvalue weighted by Crippen LogP contribution is 2.31. The van der Waals surface area contributed by atoms with Crippen LogP contribution in [0.25, 0.3) is 10.8 Å². The van der Waals surface area contributed by atoms with Crippen LogP contribution in [0, 0.1) is 0 Å². The number of amides is 1. The molecule has 3 rings (SSSR count). The summed E-state index contributed by atoms with van der Waals surface area (Å²) in [6.07, 6.45) is 0. The van der Waals surface area contributed by atoms with E-state index in [0.29, 0.717) is 23.7 Å². The van der Waals surface area contributed by atoms with Crippen LogP contribution in [-0.4, -0.2) is 36.2 Å². The molecule has 3 N–H and O–H groups in total. The second-order valence-corrected chi connectivity index (χ2v) is 8.42. The Hall–Kier alpha value is -3.74. The quantitative estimate of drug-likeness (QED) is 0.483. The summed E-state index contributed by atoms with van der Waals surface area (Å²) in [6, 6.07) is 16.3. The van der Waals surface area contributed by atoms with Gasteiger partial charge in [-0.3, -0.25) is 4.79 Å². The van der Waals surface area contributed by atoms with Gasteiger partial charge in [0, 0.05) is 17.6 Å². The number of benzene rings is 3. The van der Waals surface area contributed by atoms with Crippen molar-refractivity contribution >= 4 is 28.3 Å². The van der Waals surface area contributed by atoms with Crippen molar-refractivity contribution in [2.75, 3.05) is 19.0 Å². The minimum Gasteiger partial charge on any atom is -0.495 e. The van der Waals surface area contributed by atoms with Crippen molar-refractivity contribution in [3.05, 3.63) is 65.7 Å². The van der Waals surface area contributed by atoms with Crippen molar-refractivity contribution < 1.29 is 24.2 Å².